The first kappa shape index (κ1) is 9.42. The summed E-state index contributed by atoms with van der Waals surface area (Å²) in [5, 5.41) is 8.79. The quantitative estimate of drug-likeness (QED) is 0.699. The van der Waals surface area contributed by atoms with Gasteiger partial charge in [-0.15, -0.1) is 0 Å². The molecule has 0 saturated heterocycles. The van der Waals surface area contributed by atoms with Gasteiger partial charge in [-0.25, -0.2) is 0 Å². The molecule has 2 nitrogen and oxygen atoms in total. The Bertz CT molecular complexity index is 524. The summed E-state index contributed by atoms with van der Waals surface area (Å²) in [7, 11) is 0. The lowest BCUT2D eigenvalue weighted by Crippen LogP contribution is -1.85. The van der Waals surface area contributed by atoms with Crippen molar-refractivity contribution in [1.29, 1.82) is 5.26 Å². The van der Waals surface area contributed by atoms with Crippen LogP contribution in [-0.2, 0) is 0 Å². The summed E-state index contributed by atoms with van der Waals surface area (Å²) in [5.74, 6) is 0. The molecule has 0 spiro atoms. The van der Waals surface area contributed by atoms with Crippen molar-refractivity contribution < 1.29 is 0 Å². The number of aryl methyl sites for hydroxylation is 1. The molecule has 2 aromatic rings. The number of hydrogen-bond donors (Lipinski definition) is 0. The highest BCUT2D eigenvalue weighted by Crippen LogP contribution is 2.18. The van der Waals surface area contributed by atoms with Crippen LogP contribution in [0.5, 0.6) is 0 Å². The summed E-state index contributed by atoms with van der Waals surface area (Å²) in [5.41, 5.74) is 3.73. The van der Waals surface area contributed by atoms with Crippen LogP contribution in [0.2, 0.25) is 0 Å². The van der Waals surface area contributed by atoms with E-state index in [1.807, 2.05) is 37.3 Å². The van der Waals surface area contributed by atoms with Gasteiger partial charge in [0.1, 0.15) is 0 Å². The van der Waals surface area contributed by atoms with Crippen molar-refractivity contribution in [3.8, 4) is 17.3 Å². The molecule has 0 N–H and O–H groups in total. The minimum atomic E-state index is 0.663. The zero-order valence-corrected chi connectivity index (χ0v) is 8.44. The molecule has 2 heteroatoms. The average molecular weight is 194 g/mol. The number of benzene rings is 1. The summed E-state index contributed by atoms with van der Waals surface area (Å²) in [6, 6.07) is 13.6. The maximum Gasteiger partial charge on any atom is 0.0991 e. The standard InChI is InChI=1S/C13H10N2/c1-10-5-6-15-13(7-10)12-4-2-3-11(8-12)9-14/h2-8H,1H3. The van der Waals surface area contributed by atoms with Gasteiger partial charge in [0, 0.05) is 11.8 Å². The van der Waals surface area contributed by atoms with Crippen LogP contribution in [0.25, 0.3) is 11.3 Å². The molecule has 0 saturated carbocycles. The average Bonchev–Trinajstić information content (AvgIpc) is 2.29. The summed E-state index contributed by atoms with van der Waals surface area (Å²) in [4.78, 5) is 4.28. The molecule has 0 unspecified atom stereocenters. The third-order valence-corrected chi connectivity index (χ3v) is 2.20. The van der Waals surface area contributed by atoms with Gasteiger partial charge in [-0.3, -0.25) is 4.98 Å². The Morgan fingerprint density at radius 3 is 2.80 bits per heavy atom. The first-order valence-electron chi connectivity index (χ1n) is 4.73. The van der Waals surface area contributed by atoms with Gasteiger partial charge in [-0.2, -0.15) is 5.26 Å². The van der Waals surface area contributed by atoms with E-state index in [-0.39, 0.29) is 0 Å². The largest absolute Gasteiger partial charge is 0.256 e. The second kappa shape index (κ2) is 3.93. The van der Waals surface area contributed by atoms with Gasteiger partial charge in [0.15, 0.2) is 0 Å². The molecule has 0 bridgehead atoms. The molecule has 72 valence electrons. The molecule has 0 aliphatic carbocycles. The predicted octanol–water partition coefficient (Wildman–Crippen LogP) is 2.93. The van der Waals surface area contributed by atoms with E-state index in [0.29, 0.717) is 5.56 Å². The molecule has 1 aromatic heterocycles. The van der Waals surface area contributed by atoms with Crippen LogP contribution in [-0.4, -0.2) is 4.98 Å². The van der Waals surface area contributed by atoms with Crippen molar-refractivity contribution in [1.82, 2.24) is 4.98 Å². The van der Waals surface area contributed by atoms with Crippen molar-refractivity contribution in [2.24, 2.45) is 0 Å². The Morgan fingerprint density at radius 1 is 1.20 bits per heavy atom. The van der Waals surface area contributed by atoms with Gasteiger partial charge >= 0.3 is 0 Å². The molecule has 0 atom stereocenters. The minimum absolute atomic E-state index is 0.663. The highest BCUT2D eigenvalue weighted by atomic mass is 14.7. The summed E-state index contributed by atoms with van der Waals surface area (Å²) in [6.45, 7) is 2.03. The van der Waals surface area contributed by atoms with Gasteiger partial charge < -0.3 is 0 Å². The van der Waals surface area contributed by atoms with E-state index in [2.05, 4.69) is 11.1 Å². The third-order valence-electron chi connectivity index (χ3n) is 2.20. The van der Waals surface area contributed by atoms with Crippen LogP contribution in [0.15, 0.2) is 42.6 Å². The Balaban J connectivity index is 2.50. The summed E-state index contributed by atoms with van der Waals surface area (Å²) >= 11 is 0. The smallest absolute Gasteiger partial charge is 0.0991 e. The molecule has 0 aliphatic rings. The molecular weight excluding hydrogens is 184 g/mol. The predicted molar refractivity (Wildman–Crippen MR) is 59.1 cm³/mol. The molecule has 0 fully saturated rings. The van der Waals surface area contributed by atoms with Crippen LogP contribution in [0.4, 0.5) is 0 Å². The van der Waals surface area contributed by atoms with Crippen LogP contribution in [0.1, 0.15) is 11.1 Å². The van der Waals surface area contributed by atoms with Crippen molar-refractivity contribution in [2.45, 2.75) is 6.92 Å². The molecule has 15 heavy (non-hydrogen) atoms. The number of pyridine rings is 1. The zero-order chi connectivity index (χ0) is 10.7. The van der Waals surface area contributed by atoms with Crippen LogP contribution in [0.3, 0.4) is 0 Å². The fraction of sp³-hybridized carbons (Fsp3) is 0.0769. The zero-order valence-electron chi connectivity index (χ0n) is 8.44. The second-order valence-electron chi connectivity index (χ2n) is 3.41. The summed E-state index contributed by atoms with van der Waals surface area (Å²) < 4.78 is 0. The van der Waals surface area contributed by atoms with Crippen molar-refractivity contribution in [2.75, 3.05) is 0 Å². The number of nitrogens with zero attached hydrogens (tertiary/aromatic N) is 2. The molecular formula is C13H10N2. The maximum atomic E-state index is 8.79. The number of aromatic nitrogens is 1. The third kappa shape index (κ3) is 2.03. The second-order valence-corrected chi connectivity index (χ2v) is 3.41. The molecule has 1 heterocycles. The van der Waals surface area contributed by atoms with Crippen molar-refractivity contribution in [3.63, 3.8) is 0 Å². The minimum Gasteiger partial charge on any atom is -0.256 e. The number of hydrogen-bond acceptors (Lipinski definition) is 2. The van der Waals surface area contributed by atoms with Crippen molar-refractivity contribution in [3.05, 3.63) is 53.7 Å². The molecule has 0 aliphatic heterocycles. The van der Waals surface area contributed by atoms with E-state index < -0.39 is 0 Å². The van der Waals surface area contributed by atoms with Gasteiger partial charge in [-0.05, 0) is 36.8 Å². The van der Waals surface area contributed by atoms with Gasteiger partial charge in [0.05, 0.1) is 17.3 Å². The van der Waals surface area contributed by atoms with E-state index in [1.54, 1.807) is 12.3 Å². The van der Waals surface area contributed by atoms with Crippen LogP contribution < -0.4 is 0 Å². The maximum absolute atomic E-state index is 8.79. The number of rotatable bonds is 1. The van der Waals surface area contributed by atoms with Gasteiger partial charge in [0.25, 0.3) is 0 Å². The molecule has 1 aromatic carbocycles. The van der Waals surface area contributed by atoms with E-state index in [0.717, 1.165) is 11.3 Å². The lowest BCUT2D eigenvalue weighted by molar-refractivity contribution is 1.28. The monoisotopic (exact) mass is 194 g/mol. The van der Waals surface area contributed by atoms with E-state index >= 15 is 0 Å². The van der Waals surface area contributed by atoms with E-state index in [9.17, 15) is 0 Å². The fourth-order valence-corrected chi connectivity index (χ4v) is 1.44. The van der Waals surface area contributed by atoms with Crippen LogP contribution >= 0.6 is 0 Å². The van der Waals surface area contributed by atoms with Gasteiger partial charge in [0.2, 0.25) is 0 Å². The highest BCUT2D eigenvalue weighted by Gasteiger charge is 1.99. The fourth-order valence-electron chi connectivity index (χ4n) is 1.44. The molecule has 2 rings (SSSR count). The first-order valence-corrected chi connectivity index (χ1v) is 4.73. The van der Waals surface area contributed by atoms with Crippen molar-refractivity contribution >= 4 is 0 Å². The Labute approximate surface area is 88.8 Å². The highest BCUT2D eigenvalue weighted by molar-refractivity contribution is 5.61. The summed E-state index contributed by atoms with van der Waals surface area (Å²) in [6.07, 6.45) is 1.78. The SMILES string of the molecule is Cc1ccnc(-c2cccc(C#N)c2)c1. The first-order chi connectivity index (χ1) is 7.29. The Kier molecular flexibility index (Phi) is 2.47. The van der Waals surface area contributed by atoms with Crippen LogP contribution in [0, 0.1) is 18.3 Å². The Hall–Kier alpha value is -2.14. The lowest BCUT2D eigenvalue weighted by atomic mass is 10.1. The van der Waals surface area contributed by atoms with E-state index in [1.165, 1.54) is 5.56 Å². The normalized spacial score (nSPS) is 9.60. The number of nitriles is 1. The van der Waals surface area contributed by atoms with E-state index in [4.69, 9.17) is 5.26 Å². The Morgan fingerprint density at radius 2 is 2.07 bits per heavy atom. The van der Waals surface area contributed by atoms with Gasteiger partial charge in [-0.1, -0.05) is 12.1 Å². The topological polar surface area (TPSA) is 36.7 Å². The molecule has 0 radical (unpaired) electrons. The molecule has 0 amide bonds. The lowest BCUT2D eigenvalue weighted by Gasteiger charge is -2.01.